The Labute approximate surface area is 104 Å². The van der Waals surface area contributed by atoms with Crippen LogP contribution in [0.2, 0.25) is 0 Å². The first-order valence-electron chi connectivity index (χ1n) is 6.36. The number of Topliss-reactive ketones (excluding diaryl/α,β-unsaturated/α-hetero) is 1. The van der Waals surface area contributed by atoms with Crippen molar-refractivity contribution in [2.75, 3.05) is 13.2 Å². The van der Waals surface area contributed by atoms with Crippen molar-refractivity contribution in [1.29, 1.82) is 0 Å². The number of carbonyl (C=O) groups is 2. The third-order valence-corrected chi connectivity index (χ3v) is 2.55. The van der Waals surface area contributed by atoms with Gasteiger partial charge < -0.3 is 10.1 Å². The van der Waals surface area contributed by atoms with E-state index in [-0.39, 0.29) is 24.2 Å². The maximum Gasteiger partial charge on any atom is 0.246 e. The van der Waals surface area contributed by atoms with Gasteiger partial charge in [-0.05, 0) is 19.3 Å². The SMILES string of the molecule is CCCCCOCC(=O)NC(C(C)=O)C(C)C. The van der Waals surface area contributed by atoms with Gasteiger partial charge in [0.2, 0.25) is 5.91 Å². The van der Waals surface area contributed by atoms with E-state index >= 15 is 0 Å². The molecule has 1 unspecified atom stereocenters. The third kappa shape index (κ3) is 7.91. The first-order valence-corrected chi connectivity index (χ1v) is 6.36. The lowest BCUT2D eigenvalue weighted by molar-refractivity contribution is -0.130. The van der Waals surface area contributed by atoms with E-state index < -0.39 is 6.04 Å². The number of hydrogen-bond donors (Lipinski definition) is 1. The van der Waals surface area contributed by atoms with E-state index in [1.807, 2.05) is 13.8 Å². The molecular weight excluding hydrogens is 218 g/mol. The Morgan fingerprint density at radius 3 is 2.35 bits per heavy atom. The van der Waals surface area contributed by atoms with Crippen molar-refractivity contribution in [1.82, 2.24) is 5.32 Å². The van der Waals surface area contributed by atoms with Gasteiger partial charge in [0.15, 0.2) is 5.78 Å². The second-order valence-electron chi connectivity index (χ2n) is 4.66. The van der Waals surface area contributed by atoms with Crippen molar-refractivity contribution < 1.29 is 14.3 Å². The molecule has 0 rings (SSSR count). The minimum absolute atomic E-state index is 0.0145. The topological polar surface area (TPSA) is 55.4 Å². The van der Waals surface area contributed by atoms with Crippen molar-refractivity contribution >= 4 is 11.7 Å². The van der Waals surface area contributed by atoms with E-state index in [0.717, 1.165) is 19.3 Å². The number of ether oxygens (including phenoxy) is 1. The minimum atomic E-state index is -0.401. The summed E-state index contributed by atoms with van der Waals surface area (Å²) in [5.74, 6) is -0.119. The van der Waals surface area contributed by atoms with Gasteiger partial charge in [-0.25, -0.2) is 0 Å². The Morgan fingerprint density at radius 2 is 1.88 bits per heavy atom. The number of amides is 1. The molecule has 0 aliphatic heterocycles. The lowest BCUT2D eigenvalue weighted by Crippen LogP contribution is -2.44. The first-order chi connectivity index (χ1) is 7.99. The molecule has 0 bridgehead atoms. The molecule has 0 spiro atoms. The highest BCUT2D eigenvalue weighted by Crippen LogP contribution is 2.02. The molecule has 0 aliphatic rings. The molecule has 0 saturated heterocycles. The van der Waals surface area contributed by atoms with Crippen LogP contribution in [0.5, 0.6) is 0 Å². The van der Waals surface area contributed by atoms with Crippen LogP contribution >= 0.6 is 0 Å². The maximum absolute atomic E-state index is 11.5. The summed E-state index contributed by atoms with van der Waals surface area (Å²) in [5, 5.41) is 2.69. The Balaban J connectivity index is 3.80. The number of nitrogens with one attached hydrogen (secondary N) is 1. The summed E-state index contributed by atoms with van der Waals surface area (Å²) in [6, 6.07) is -0.401. The summed E-state index contributed by atoms with van der Waals surface area (Å²) in [6.45, 7) is 8.08. The molecule has 4 heteroatoms. The van der Waals surface area contributed by atoms with E-state index in [0.29, 0.717) is 6.61 Å². The van der Waals surface area contributed by atoms with Crippen LogP contribution < -0.4 is 5.32 Å². The molecule has 1 amide bonds. The van der Waals surface area contributed by atoms with E-state index in [4.69, 9.17) is 4.74 Å². The number of rotatable bonds is 9. The van der Waals surface area contributed by atoms with Gasteiger partial charge in [-0.1, -0.05) is 33.6 Å². The molecule has 0 aliphatic carbocycles. The zero-order valence-corrected chi connectivity index (χ0v) is 11.4. The number of unbranched alkanes of at least 4 members (excludes halogenated alkanes) is 2. The molecule has 17 heavy (non-hydrogen) atoms. The molecule has 1 atom stereocenters. The Kier molecular flexibility index (Phi) is 8.68. The summed E-state index contributed by atoms with van der Waals surface area (Å²) in [6.07, 6.45) is 3.23. The molecular formula is C13H25NO3. The van der Waals surface area contributed by atoms with Crippen LogP contribution in [0.15, 0.2) is 0 Å². The van der Waals surface area contributed by atoms with Gasteiger partial charge in [-0.2, -0.15) is 0 Å². The van der Waals surface area contributed by atoms with Crippen LogP contribution in [-0.2, 0) is 14.3 Å². The highest BCUT2D eigenvalue weighted by Gasteiger charge is 2.20. The monoisotopic (exact) mass is 243 g/mol. The van der Waals surface area contributed by atoms with Gasteiger partial charge in [0.05, 0.1) is 6.04 Å². The first kappa shape index (κ1) is 16.1. The van der Waals surface area contributed by atoms with Crippen LogP contribution in [0, 0.1) is 5.92 Å². The smallest absolute Gasteiger partial charge is 0.246 e. The van der Waals surface area contributed by atoms with Crippen molar-refractivity contribution in [3.05, 3.63) is 0 Å². The highest BCUT2D eigenvalue weighted by atomic mass is 16.5. The standard InChI is InChI=1S/C13H25NO3/c1-5-6-7-8-17-9-12(16)14-13(10(2)3)11(4)15/h10,13H,5-9H2,1-4H3,(H,14,16). The fourth-order valence-corrected chi connectivity index (χ4v) is 1.57. The molecule has 0 aromatic carbocycles. The number of ketones is 1. The molecule has 0 fully saturated rings. The van der Waals surface area contributed by atoms with Gasteiger partial charge in [0.25, 0.3) is 0 Å². The van der Waals surface area contributed by atoms with Gasteiger partial charge in [-0.15, -0.1) is 0 Å². The lowest BCUT2D eigenvalue weighted by atomic mass is 10.0. The summed E-state index contributed by atoms with van der Waals surface area (Å²) in [5.41, 5.74) is 0. The predicted molar refractivity (Wildman–Crippen MR) is 67.8 cm³/mol. The van der Waals surface area contributed by atoms with Gasteiger partial charge >= 0.3 is 0 Å². The largest absolute Gasteiger partial charge is 0.372 e. The second-order valence-corrected chi connectivity index (χ2v) is 4.66. The minimum Gasteiger partial charge on any atom is -0.372 e. The van der Waals surface area contributed by atoms with Crippen LogP contribution in [0.25, 0.3) is 0 Å². The van der Waals surface area contributed by atoms with Crippen LogP contribution in [0.1, 0.15) is 47.0 Å². The molecule has 4 nitrogen and oxygen atoms in total. The Bertz CT molecular complexity index is 239. The molecule has 0 heterocycles. The molecule has 0 radical (unpaired) electrons. The highest BCUT2D eigenvalue weighted by molar-refractivity contribution is 5.88. The Morgan fingerprint density at radius 1 is 1.24 bits per heavy atom. The van der Waals surface area contributed by atoms with Gasteiger partial charge in [-0.3, -0.25) is 9.59 Å². The summed E-state index contributed by atoms with van der Waals surface area (Å²) in [7, 11) is 0. The summed E-state index contributed by atoms with van der Waals surface area (Å²) in [4.78, 5) is 22.8. The fourth-order valence-electron chi connectivity index (χ4n) is 1.57. The van der Waals surface area contributed by atoms with Gasteiger partial charge in [0.1, 0.15) is 6.61 Å². The van der Waals surface area contributed by atoms with E-state index in [2.05, 4.69) is 12.2 Å². The lowest BCUT2D eigenvalue weighted by Gasteiger charge is -2.19. The van der Waals surface area contributed by atoms with E-state index in [1.165, 1.54) is 6.92 Å². The van der Waals surface area contributed by atoms with Crippen molar-refractivity contribution in [3.63, 3.8) is 0 Å². The van der Waals surface area contributed by atoms with Crippen molar-refractivity contribution in [3.8, 4) is 0 Å². The summed E-state index contributed by atoms with van der Waals surface area (Å²) >= 11 is 0. The average Bonchev–Trinajstić information content (AvgIpc) is 2.24. The molecule has 0 aromatic rings. The van der Waals surface area contributed by atoms with Crippen molar-refractivity contribution in [2.45, 2.75) is 53.0 Å². The number of hydrogen-bond acceptors (Lipinski definition) is 3. The Hall–Kier alpha value is -0.900. The summed E-state index contributed by atoms with van der Waals surface area (Å²) < 4.78 is 5.23. The van der Waals surface area contributed by atoms with Crippen LogP contribution in [-0.4, -0.2) is 30.9 Å². The second kappa shape index (κ2) is 9.16. The zero-order valence-electron chi connectivity index (χ0n) is 11.4. The van der Waals surface area contributed by atoms with Gasteiger partial charge in [0, 0.05) is 6.61 Å². The molecule has 100 valence electrons. The van der Waals surface area contributed by atoms with E-state index in [1.54, 1.807) is 0 Å². The maximum atomic E-state index is 11.5. The fraction of sp³-hybridized carbons (Fsp3) is 0.846. The average molecular weight is 243 g/mol. The third-order valence-electron chi connectivity index (χ3n) is 2.55. The molecule has 0 saturated carbocycles. The molecule has 1 N–H and O–H groups in total. The molecule has 0 aromatic heterocycles. The van der Waals surface area contributed by atoms with Crippen LogP contribution in [0.4, 0.5) is 0 Å². The van der Waals surface area contributed by atoms with E-state index in [9.17, 15) is 9.59 Å². The quantitative estimate of drug-likeness (QED) is 0.629. The van der Waals surface area contributed by atoms with Crippen molar-refractivity contribution in [2.24, 2.45) is 5.92 Å². The zero-order chi connectivity index (χ0) is 13.3. The number of carbonyl (C=O) groups excluding carboxylic acids is 2. The predicted octanol–water partition coefficient (Wildman–Crippen LogP) is 1.92. The van der Waals surface area contributed by atoms with Crippen LogP contribution in [0.3, 0.4) is 0 Å². The normalized spacial score (nSPS) is 12.5.